The molecule has 2 aromatic carbocycles. The van der Waals surface area contributed by atoms with Gasteiger partial charge in [-0.05, 0) is 36.2 Å². The number of fused-ring (bicyclic) bond motifs is 1. The van der Waals surface area contributed by atoms with Gasteiger partial charge in [0, 0.05) is 24.2 Å². The molecule has 0 aromatic heterocycles. The molecular formula is C17H15ClF2N2O2. The molecule has 0 bridgehead atoms. The molecular weight excluding hydrogens is 338 g/mol. The van der Waals surface area contributed by atoms with Crippen LogP contribution >= 0.6 is 11.6 Å². The lowest BCUT2D eigenvalue weighted by Gasteiger charge is -2.22. The number of hydrogen-bond acceptors (Lipinski definition) is 2. The molecule has 0 saturated carbocycles. The third kappa shape index (κ3) is 3.59. The number of carbonyl (C=O) groups excluding carboxylic acids is 1. The van der Waals surface area contributed by atoms with Gasteiger partial charge in [-0.2, -0.15) is 0 Å². The topological polar surface area (TPSA) is 41.6 Å². The van der Waals surface area contributed by atoms with E-state index in [-0.39, 0.29) is 17.6 Å². The van der Waals surface area contributed by atoms with E-state index in [2.05, 4.69) is 5.32 Å². The second-order valence-electron chi connectivity index (χ2n) is 5.36. The molecule has 0 atom stereocenters. The van der Waals surface area contributed by atoms with Gasteiger partial charge in [-0.25, -0.2) is 13.6 Å². The van der Waals surface area contributed by atoms with Gasteiger partial charge in [0.1, 0.15) is 17.4 Å². The fourth-order valence-corrected chi connectivity index (χ4v) is 2.73. The van der Waals surface area contributed by atoms with E-state index < -0.39 is 11.6 Å². The van der Waals surface area contributed by atoms with Crippen LogP contribution in [0, 0.1) is 11.6 Å². The Bertz CT molecular complexity index is 770. The molecule has 1 aliphatic rings. The van der Waals surface area contributed by atoms with E-state index in [0.29, 0.717) is 36.6 Å². The van der Waals surface area contributed by atoms with E-state index in [4.69, 9.17) is 16.3 Å². The first kappa shape index (κ1) is 16.5. The van der Waals surface area contributed by atoms with Crippen molar-refractivity contribution in [1.29, 1.82) is 0 Å². The van der Waals surface area contributed by atoms with E-state index in [9.17, 15) is 13.6 Å². The molecule has 0 fully saturated rings. The zero-order chi connectivity index (χ0) is 17.1. The van der Waals surface area contributed by atoms with E-state index in [0.717, 1.165) is 0 Å². The summed E-state index contributed by atoms with van der Waals surface area (Å²) in [5, 5.41) is 2.99. The summed E-state index contributed by atoms with van der Waals surface area (Å²) in [6.45, 7) is 1.01. The summed E-state index contributed by atoms with van der Waals surface area (Å²) in [5.74, 6) is -0.521. The number of anilines is 1. The minimum Gasteiger partial charge on any atom is -0.491 e. The molecule has 2 aromatic rings. The first-order valence-electron chi connectivity index (χ1n) is 7.46. The minimum absolute atomic E-state index is 0.159. The van der Waals surface area contributed by atoms with Crippen LogP contribution in [0.25, 0.3) is 0 Å². The summed E-state index contributed by atoms with van der Waals surface area (Å²) in [6.07, 6.45) is 0.626. The van der Waals surface area contributed by atoms with Crippen LogP contribution in [0.4, 0.5) is 19.3 Å². The number of amides is 2. The predicted octanol–water partition coefficient (Wildman–Crippen LogP) is 4.12. The SMILES string of the molecule is O=C(NCc1ccc(F)cc1Cl)N1CCCOc2cc(F)ccc21. The summed E-state index contributed by atoms with van der Waals surface area (Å²) in [4.78, 5) is 14.0. The van der Waals surface area contributed by atoms with Crippen LogP contribution in [0.1, 0.15) is 12.0 Å². The van der Waals surface area contributed by atoms with Crippen molar-refractivity contribution in [3.05, 3.63) is 58.6 Å². The highest BCUT2D eigenvalue weighted by Gasteiger charge is 2.22. The van der Waals surface area contributed by atoms with Crippen LogP contribution in [0.2, 0.25) is 5.02 Å². The normalized spacial score (nSPS) is 13.7. The summed E-state index contributed by atoms with van der Waals surface area (Å²) >= 11 is 5.96. The van der Waals surface area contributed by atoms with Gasteiger partial charge in [-0.1, -0.05) is 17.7 Å². The Labute approximate surface area is 143 Å². The largest absolute Gasteiger partial charge is 0.491 e. The first-order chi connectivity index (χ1) is 11.5. The van der Waals surface area contributed by atoms with Crippen LogP contribution in [-0.2, 0) is 6.54 Å². The lowest BCUT2D eigenvalue weighted by molar-refractivity contribution is 0.246. The molecule has 4 nitrogen and oxygen atoms in total. The Kier molecular flexibility index (Phi) is 4.85. The molecule has 0 radical (unpaired) electrons. The van der Waals surface area contributed by atoms with Crippen molar-refractivity contribution < 1.29 is 18.3 Å². The maximum Gasteiger partial charge on any atom is 0.322 e. The van der Waals surface area contributed by atoms with Crippen molar-refractivity contribution in [2.24, 2.45) is 0 Å². The molecule has 24 heavy (non-hydrogen) atoms. The Hall–Kier alpha value is -2.34. The zero-order valence-electron chi connectivity index (χ0n) is 12.7. The highest BCUT2D eigenvalue weighted by atomic mass is 35.5. The highest BCUT2D eigenvalue weighted by Crippen LogP contribution is 2.31. The number of urea groups is 1. The fraction of sp³-hybridized carbons (Fsp3) is 0.235. The van der Waals surface area contributed by atoms with Gasteiger partial charge in [0.15, 0.2) is 0 Å². The van der Waals surface area contributed by atoms with Crippen LogP contribution in [0.15, 0.2) is 36.4 Å². The number of halogens is 3. The number of hydrogen-bond donors (Lipinski definition) is 1. The molecule has 0 unspecified atom stereocenters. The van der Waals surface area contributed by atoms with Crippen LogP contribution < -0.4 is 15.0 Å². The average Bonchev–Trinajstić information content (AvgIpc) is 2.75. The van der Waals surface area contributed by atoms with Gasteiger partial charge in [0.25, 0.3) is 0 Å². The maximum absolute atomic E-state index is 13.4. The van der Waals surface area contributed by atoms with Crippen molar-refractivity contribution in [2.75, 3.05) is 18.1 Å². The van der Waals surface area contributed by atoms with Crippen molar-refractivity contribution in [2.45, 2.75) is 13.0 Å². The van der Waals surface area contributed by atoms with Gasteiger partial charge >= 0.3 is 6.03 Å². The maximum atomic E-state index is 13.4. The van der Waals surface area contributed by atoms with Crippen LogP contribution in [0.3, 0.4) is 0 Å². The molecule has 1 N–H and O–H groups in total. The second kappa shape index (κ2) is 7.05. The smallest absolute Gasteiger partial charge is 0.322 e. The number of benzene rings is 2. The molecule has 2 amide bonds. The second-order valence-corrected chi connectivity index (χ2v) is 5.77. The van der Waals surface area contributed by atoms with Crippen molar-refractivity contribution in [3.63, 3.8) is 0 Å². The van der Waals surface area contributed by atoms with Gasteiger partial charge in [-0.3, -0.25) is 4.90 Å². The molecule has 7 heteroatoms. The monoisotopic (exact) mass is 352 g/mol. The molecule has 1 heterocycles. The van der Waals surface area contributed by atoms with E-state index in [1.807, 2.05) is 0 Å². The number of rotatable bonds is 2. The summed E-state index contributed by atoms with van der Waals surface area (Å²) in [5.41, 5.74) is 1.12. The number of nitrogens with zero attached hydrogens (tertiary/aromatic N) is 1. The molecule has 0 saturated heterocycles. The Balaban J connectivity index is 1.75. The summed E-state index contributed by atoms with van der Waals surface area (Å²) in [6, 6.07) is 7.70. The number of ether oxygens (including phenoxy) is 1. The molecule has 0 spiro atoms. The van der Waals surface area contributed by atoms with Gasteiger partial charge in [0.05, 0.1) is 12.3 Å². The third-order valence-corrected chi connectivity index (χ3v) is 4.04. The quantitative estimate of drug-likeness (QED) is 0.883. The zero-order valence-corrected chi connectivity index (χ0v) is 13.4. The van der Waals surface area contributed by atoms with Gasteiger partial charge < -0.3 is 10.1 Å². The molecule has 1 aliphatic heterocycles. The molecule has 3 rings (SSSR count). The van der Waals surface area contributed by atoms with Crippen molar-refractivity contribution >= 4 is 23.3 Å². The van der Waals surface area contributed by atoms with Crippen LogP contribution in [-0.4, -0.2) is 19.2 Å². The lowest BCUT2D eigenvalue weighted by atomic mass is 10.2. The van der Waals surface area contributed by atoms with Crippen LogP contribution in [0.5, 0.6) is 5.75 Å². The molecule has 0 aliphatic carbocycles. The lowest BCUT2D eigenvalue weighted by Crippen LogP contribution is -2.40. The summed E-state index contributed by atoms with van der Waals surface area (Å²) in [7, 11) is 0. The van der Waals surface area contributed by atoms with Crippen molar-refractivity contribution in [1.82, 2.24) is 5.32 Å². The van der Waals surface area contributed by atoms with Crippen molar-refractivity contribution in [3.8, 4) is 5.75 Å². The van der Waals surface area contributed by atoms with Gasteiger partial charge in [-0.15, -0.1) is 0 Å². The Morgan fingerprint density at radius 3 is 2.75 bits per heavy atom. The average molecular weight is 353 g/mol. The molecule has 126 valence electrons. The fourth-order valence-electron chi connectivity index (χ4n) is 2.49. The van der Waals surface area contributed by atoms with E-state index >= 15 is 0 Å². The van der Waals surface area contributed by atoms with E-state index in [1.165, 1.54) is 41.3 Å². The standard InChI is InChI=1S/C17H15ClF2N2O2/c18-14-8-12(19)3-2-11(14)10-21-17(23)22-6-1-7-24-16-9-13(20)4-5-15(16)22/h2-5,8-9H,1,6-7,10H2,(H,21,23). The highest BCUT2D eigenvalue weighted by molar-refractivity contribution is 6.31. The Morgan fingerprint density at radius 2 is 1.96 bits per heavy atom. The predicted molar refractivity (Wildman–Crippen MR) is 87.5 cm³/mol. The number of carbonyl (C=O) groups is 1. The third-order valence-electron chi connectivity index (χ3n) is 3.69. The Morgan fingerprint density at radius 1 is 1.21 bits per heavy atom. The summed E-state index contributed by atoms with van der Waals surface area (Å²) < 4.78 is 31.9. The minimum atomic E-state index is -0.435. The number of nitrogens with one attached hydrogen (secondary N) is 1. The first-order valence-corrected chi connectivity index (χ1v) is 7.84. The van der Waals surface area contributed by atoms with E-state index in [1.54, 1.807) is 0 Å². The van der Waals surface area contributed by atoms with Gasteiger partial charge in [0.2, 0.25) is 0 Å².